The zero-order valence-corrected chi connectivity index (χ0v) is 14.6. The minimum atomic E-state index is -0.565. The van der Waals surface area contributed by atoms with Crippen LogP contribution in [0, 0.1) is 13.8 Å². The molecule has 0 N–H and O–H groups in total. The first kappa shape index (κ1) is 16.2. The van der Waals surface area contributed by atoms with Crippen LogP contribution in [0.3, 0.4) is 0 Å². The van der Waals surface area contributed by atoms with Gasteiger partial charge in [-0.2, -0.15) is 9.78 Å². The van der Waals surface area contributed by atoms with Gasteiger partial charge in [0, 0.05) is 10.9 Å². The number of para-hydroxylation sites is 1. The molecule has 2 aromatic heterocycles. The Morgan fingerprint density at radius 1 is 1.08 bits per heavy atom. The number of aromatic nitrogens is 3. The fourth-order valence-corrected chi connectivity index (χ4v) is 2.70. The maximum Gasteiger partial charge on any atom is 0.435 e. The Morgan fingerprint density at radius 2 is 1.79 bits per heavy atom. The first-order valence-corrected chi connectivity index (χ1v) is 7.92. The van der Waals surface area contributed by atoms with Crippen molar-refractivity contribution in [3.05, 3.63) is 47.8 Å². The van der Waals surface area contributed by atoms with E-state index in [1.54, 1.807) is 0 Å². The lowest BCUT2D eigenvalue weighted by Crippen LogP contribution is -2.28. The van der Waals surface area contributed by atoms with Crippen LogP contribution in [-0.4, -0.2) is 26.5 Å². The Kier molecular flexibility index (Phi) is 3.87. The third kappa shape index (κ3) is 3.02. The molecule has 0 bridgehead atoms. The third-order valence-electron chi connectivity index (χ3n) is 3.71. The number of carbonyl (C=O) groups is 1. The van der Waals surface area contributed by atoms with E-state index in [0.29, 0.717) is 0 Å². The van der Waals surface area contributed by atoms with Gasteiger partial charge in [0.2, 0.25) is 0 Å². The van der Waals surface area contributed by atoms with Crippen molar-refractivity contribution in [2.45, 2.75) is 40.2 Å². The quantitative estimate of drug-likeness (QED) is 0.661. The van der Waals surface area contributed by atoms with Gasteiger partial charge in [-0.25, -0.2) is 9.78 Å². The van der Waals surface area contributed by atoms with Gasteiger partial charge in [0.05, 0.1) is 22.6 Å². The van der Waals surface area contributed by atoms with Crippen LogP contribution in [0.4, 0.5) is 4.79 Å². The van der Waals surface area contributed by atoms with E-state index >= 15 is 0 Å². The summed E-state index contributed by atoms with van der Waals surface area (Å²) in [6.45, 7) is 9.24. The lowest BCUT2D eigenvalue weighted by molar-refractivity contribution is 0.0510. The maximum absolute atomic E-state index is 12.3. The van der Waals surface area contributed by atoms with Gasteiger partial charge in [-0.3, -0.25) is 0 Å². The SMILES string of the molecule is Cc1nn(C(=O)OC(C)(C)C)c(C)c1-c1ccc2ccccc2n1. The van der Waals surface area contributed by atoms with Gasteiger partial charge in [-0.05, 0) is 46.8 Å². The monoisotopic (exact) mass is 323 g/mol. The second-order valence-corrected chi connectivity index (χ2v) is 6.83. The van der Waals surface area contributed by atoms with Gasteiger partial charge in [0.15, 0.2) is 0 Å². The summed E-state index contributed by atoms with van der Waals surface area (Å²) in [6.07, 6.45) is -0.477. The molecule has 0 saturated heterocycles. The summed E-state index contributed by atoms with van der Waals surface area (Å²) in [5, 5.41) is 5.43. The largest absolute Gasteiger partial charge is 0.442 e. The predicted octanol–water partition coefficient (Wildman–Crippen LogP) is 4.50. The van der Waals surface area contributed by atoms with Crippen molar-refractivity contribution >= 4 is 17.0 Å². The number of ether oxygens (including phenoxy) is 1. The molecule has 0 spiro atoms. The van der Waals surface area contributed by atoms with Crippen LogP contribution in [0.15, 0.2) is 36.4 Å². The molecule has 0 fully saturated rings. The number of carbonyl (C=O) groups excluding carboxylic acids is 1. The van der Waals surface area contributed by atoms with Crippen LogP contribution >= 0.6 is 0 Å². The Morgan fingerprint density at radius 3 is 2.50 bits per heavy atom. The zero-order chi connectivity index (χ0) is 17.5. The molecule has 0 amide bonds. The van der Waals surface area contributed by atoms with Gasteiger partial charge in [-0.1, -0.05) is 24.3 Å². The number of pyridine rings is 1. The van der Waals surface area contributed by atoms with Crippen LogP contribution in [0.1, 0.15) is 32.2 Å². The van der Waals surface area contributed by atoms with Crippen LogP contribution in [0.25, 0.3) is 22.2 Å². The number of aryl methyl sites for hydroxylation is 1. The van der Waals surface area contributed by atoms with E-state index in [1.165, 1.54) is 4.68 Å². The van der Waals surface area contributed by atoms with Gasteiger partial charge < -0.3 is 4.74 Å². The Labute approximate surface area is 141 Å². The molecule has 5 heteroatoms. The highest BCUT2D eigenvalue weighted by Crippen LogP contribution is 2.27. The van der Waals surface area contributed by atoms with Crippen LogP contribution in [-0.2, 0) is 4.74 Å². The van der Waals surface area contributed by atoms with E-state index in [2.05, 4.69) is 5.10 Å². The first-order valence-electron chi connectivity index (χ1n) is 7.92. The molecule has 0 aliphatic carbocycles. The number of rotatable bonds is 1. The van der Waals surface area contributed by atoms with Crippen LogP contribution < -0.4 is 0 Å². The molecular formula is C19H21N3O2. The second-order valence-electron chi connectivity index (χ2n) is 6.83. The standard InChI is InChI=1S/C19H21N3O2/c1-12-17(13(2)22(21-12)18(23)24-19(3,4)5)16-11-10-14-8-6-7-9-15(14)20-16/h6-11H,1-5H3. The number of hydrogen-bond acceptors (Lipinski definition) is 4. The Balaban J connectivity index is 2.06. The highest BCUT2D eigenvalue weighted by molar-refractivity contribution is 5.83. The normalized spacial score (nSPS) is 11.7. The van der Waals surface area contributed by atoms with E-state index in [9.17, 15) is 4.79 Å². The molecule has 1 aromatic carbocycles. The minimum Gasteiger partial charge on any atom is -0.442 e. The molecule has 3 rings (SSSR count). The molecule has 0 saturated carbocycles. The van der Waals surface area contributed by atoms with Crippen molar-refractivity contribution in [3.63, 3.8) is 0 Å². The van der Waals surface area contributed by atoms with Gasteiger partial charge in [-0.15, -0.1) is 0 Å². The number of hydrogen-bond donors (Lipinski definition) is 0. The van der Waals surface area contributed by atoms with Crippen LogP contribution in [0.5, 0.6) is 0 Å². The summed E-state index contributed by atoms with van der Waals surface area (Å²) in [5.41, 5.74) is 3.50. The van der Waals surface area contributed by atoms with Crippen molar-refractivity contribution in [2.24, 2.45) is 0 Å². The molecule has 0 radical (unpaired) electrons. The van der Waals surface area contributed by atoms with Crippen molar-refractivity contribution in [1.29, 1.82) is 0 Å². The fraction of sp³-hybridized carbons (Fsp3) is 0.316. The Hall–Kier alpha value is -2.69. The lowest BCUT2D eigenvalue weighted by atomic mass is 10.1. The van der Waals surface area contributed by atoms with Gasteiger partial charge >= 0.3 is 6.09 Å². The van der Waals surface area contributed by atoms with Crippen molar-refractivity contribution in [3.8, 4) is 11.3 Å². The molecule has 24 heavy (non-hydrogen) atoms. The summed E-state index contributed by atoms with van der Waals surface area (Å²) >= 11 is 0. The molecule has 124 valence electrons. The fourth-order valence-electron chi connectivity index (χ4n) is 2.70. The van der Waals surface area contributed by atoms with Gasteiger partial charge in [0.25, 0.3) is 0 Å². The lowest BCUT2D eigenvalue weighted by Gasteiger charge is -2.19. The predicted molar refractivity (Wildman–Crippen MR) is 94.1 cm³/mol. The highest BCUT2D eigenvalue weighted by atomic mass is 16.6. The smallest absolute Gasteiger partial charge is 0.435 e. The van der Waals surface area contributed by atoms with E-state index in [0.717, 1.165) is 33.5 Å². The van der Waals surface area contributed by atoms with E-state index in [1.807, 2.05) is 71.0 Å². The summed E-state index contributed by atoms with van der Waals surface area (Å²) in [4.78, 5) is 17.1. The first-order chi connectivity index (χ1) is 11.3. The molecule has 3 aromatic rings. The molecule has 0 aliphatic heterocycles. The van der Waals surface area contributed by atoms with E-state index < -0.39 is 11.7 Å². The van der Waals surface area contributed by atoms with Gasteiger partial charge in [0.1, 0.15) is 5.60 Å². The molecule has 5 nitrogen and oxygen atoms in total. The highest BCUT2D eigenvalue weighted by Gasteiger charge is 2.23. The number of nitrogens with zero attached hydrogens (tertiary/aromatic N) is 3. The maximum atomic E-state index is 12.3. The summed E-state index contributed by atoms with van der Waals surface area (Å²) in [7, 11) is 0. The van der Waals surface area contributed by atoms with Crippen molar-refractivity contribution in [2.75, 3.05) is 0 Å². The third-order valence-corrected chi connectivity index (χ3v) is 3.71. The average Bonchev–Trinajstić information content (AvgIpc) is 2.80. The zero-order valence-electron chi connectivity index (χ0n) is 14.6. The summed E-state index contributed by atoms with van der Waals surface area (Å²) in [5.74, 6) is 0. The molecule has 2 heterocycles. The molecule has 0 atom stereocenters. The minimum absolute atomic E-state index is 0.477. The summed E-state index contributed by atoms with van der Waals surface area (Å²) in [6, 6.07) is 11.9. The van der Waals surface area contributed by atoms with E-state index in [-0.39, 0.29) is 0 Å². The number of fused-ring (bicyclic) bond motifs is 1. The number of benzene rings is 1. The molecule has 0 aliphatic rings. The van der Waals surface area contributed by atoms with Crippen molar-refractivity contribution in [1.82, 2.24) is 14.8 Å². The molecular weight excluding hydrogens is 302 g/mol. The van der Waals surface area contributed by atoms with Crippen LogP contribution in [0.2, 0.25) is 0 Å². The van der Waals surface area contributed by atoms with Crippen molar-refractivity contribution < 1.29 is 9.53 Å². The topological polar surface area (TPSA) is 57.0 Å². The van der Waals surface area contributed by atoms with E-state index in [4.69, 9.17) is 9.72 Å². The second kappa shape index (κ2) is 5.74. The Bertz CT molecular complexity index is 920. The average molecular weight is 323 g/mol. The summed E-state index contributed by atoms with van der Waals surface area (Å²) < 4.78 is 6.73. The molecule has 0 unspecified atom stereocenters.